The highest BCUT2D eigenvalue weighted by Gasteiger charge is 2.44. The lowest BCUT2D eigenvalue weighted by Crippen LogP contribution is -2.39. The van der Waals surface area contributed by atoms with Gasteiger partial charge in [-0.15, -0.1) is 0 Å². The van der Waals surface area contributed by atoms with Gasteiger partial charge in [-0.05, 0) is 30.7 Å². The van der Waals surface area contributed by atoms with Crippen molar-refractivity contribution in [3.63, 3.8) is 0 Å². The summed E-state index contributed by atoms with van der Waals surface area (Å²) in [7, 11) is 0. The van der Waals surface area contributed by atoms with E-state index in [2.05, 4.69) is 4.90 Å². The van der Waals surface area contributed by atoms with Crippen molar-refractivity contribution >= 4 is 11.7 Å². The Labute approximate surface area is 196 Å². The fourth-order valence-corrected chi connectivity index (χ4v) is 4.62. The SMILES string of the molecule is O=C(C1=C(O)C(=O)N(CCCN2CCOCC2)C1c1ccccc1F)c1ccc2c(c1)OCO2. The summed E-state index contributed by atoms with van der Waals surface area (Å²) in [6.07, 6.45) is 0.607. The molecular weight excluding hydrogens is 443 g/mol. The second-order valence-corrected chi connectivity index (χ2v) is 8.39. The van der Waals surface area contributed by atoms with E-state index in [0.717, 1.165) is 19.6 Å². The number of halogens is 1. The zero-order valence-electron chi connectivity index (χ0n) is 18.5. The largest absolute Gasteiger partial charge is 0.503 e. The summed E-state index contributed by atoms with van der Waals surface area (Å²) in [5.74, 6) is -1.54. The number of morpholine rings is 1. The number of aliphatic hydroxyl groups is 1. The first-order valence-electron chi connectivity index (χ1n) is 11.3. The average Bonchev–Trinajstić information content (AvgIpc) is 3.42. The van der Waals surface area contributed by atoms with Gasteiger partial charge < -0.3 is 24.2 Å². The smallest absolute Gasteiger partial charge is 0.290 e. The molecule has 0 radical (unpaired) electrons. The molecule has 178 valence electrons. The van der Waals surface area contributed by atoms with Gasteiger partial charge >= 0.3 is 0 Å². The summed E-state index contributed by atoms with van der Waals surface area (Å²) in [6, 6.07) is 9.62. The van der Waals surface area contributed by atoms with Gasteiger partial charge in [0.05, 0.1) is 24.8 Å². The number of ether oxygens (including phenoxy) is 3. The summed E-state index contributed by atoms with van der Waals surface area (Å²) < 4.78 is 30.9. The van der Waals surface area contributed by atoms with E-state index in [1.165, 1.54) is 23.1 Å². The molecule has 8 nitrogen and oxygen atoms in total. The topological polar surface area (TPSA) is 88.5 Å². The number of Topliss-reactive ketones (excluding diaryl/α,β-unsaturated/α-hetero) is 1. The lowest BCUT2D eigenvalue weighted by molar-refractivity contribution is -0.129. The Morgan fingerprint density at radius 3 is 2.62 bits per heavy atom. The number of hydrogen-bond donors (Lipinski definition) is 1. The van der Waals surface area contributed by atoms with Crippen molar-refractivity contribution in [3.05, 3.63) is 70.7 Å². The summed E-state index contributed by atoms with van der Waals surface area (Å²) in [4.78, 5) is 30.2. The minimum atomic E-state index is -1.03. The molecule has 5 rings (SSSR count). The van der Waals surface area contributed by atoms with Crippen molar-refractivity contribution in [3.8, 4) is 11.5 Å². The van der Waals surface area contributed by atoms with Crippen molar-refractivity contribution in [2.45, 2.75) is 12.5 Å². The molecule has 2 aromatic carbocycles. The predicted molar refractivity (Wildman–Crippen MR) is 119 cm³/mol. The maximum Gasteiger partial charge on any atom is 0.290 e. The summed E-state index contributed by atoms with van der Waals surface area (Å²) >= 11 is 0. The van der Waals surface area contributed by atoms with Gasteiger partial charge in [0.2, 0.25) is 6.79 Å². The highest BCUT2D eigenvalue weighted by atomic mass is 19.1. The van der Waals surface area contributed by atoms with E-state index in [0.29, 0.717) is 31.1 Å². The summed E-state index contributed by atoms with van der Waals surface area (Å²) in [6.45, 7) is 3.98. The van der Waals surface area contributed by atoms with Crippen molar-refractivity contribution in [2.75, 3.05) is 46.2 Å². The van der Waals surface area contributed by atoms with Crippen LogP contribution in [-0.2, 0) is 9.53 Å². The van der Waals surface area contributed by atoms with E-state index in [-0.39, 0.29) is 30.0 Å². The van der Waals surface area contributed by atoms with Crippen LogP contribution >= 0.6 is 0 Å². The molecule has 0 saturated carbocycles. The molecular formula is C25H25FN2O6. The minimum absolute atomic E-state index is 0.0498. The third-order valence-corrected chi connectivity index (χ3v) is 6.36. The van der Waals surface area contributed by atoms with Crippen LogP contribution in [0.4, 0.5) is 4.39 Å². The fraction of sp³-hybridized carbons (Fsp3) is 0.360. The number of amides is 1. The molecule has 9 heteroatoms. The van der Waals surface area contributed by atoms with Gasteiger partial charge in [-0.25, -0.2) is 4.39 Å². The van der Waals surface area contributed by atoms with E-state index in [9.17, 15) is 19.1 Å². The second kappa shape index (κ2) is 9.44. The van der Waals surface area contributed by atoms with Crippen LogP contribution in [0, 0.1) is 5.82 Å². The van der Waals surface area contributed by atoms with Crippen LogP contribution in [0.3, 0.4) is 0 Å². The molecule has 3 heterocycles. The molecule has 1 fully saturated rings. The van der Waals surface area contributed by atoms with Crippen LogP contribution in [0.2, 0.25) is 0 Å². The highest BCUT2D eigenvalue weighted by Crippen LogP contribution is 2.41. The third-order valence-electron chi connectivity index (χ3n) is 6.36. The van der Waals surface area contributed by atoms with Crippen LogP contribution in [0.25, 0.3) is 0 Å². The monoisotopic (exact) mass is 468 g/mol. The normalized spacial score (nSPS) is 20.3. The van der Waals surface area contributed by atoms with Crippen LogP contribution in [-0.4, -0.2) is 72.8 Å². The van der Waals surface area contributed by atoms with E-state index in [1.54, 1.807) is 24.3 Å². The molecule has 1 N–H and O–H groups in total. The van der Waals surface area contributed by atoms with Gasteiger partial charge in [-0.2, -0.15) is 0 Å². The quantitative estimate of drug-likeness (QED) is 0.625. The first-order valence-corrected chi connectivity index (χ1v) is 11.3. The lowest BCUT2D eigenvalue weighted by atomic mass is 9.92. The second-order valence-electron chi connectivity index (χ2n) is 8.39. The Hall–Kier alpha value is -3.43. The van der Waals surface area contributed by atoms with E-state index in [1.807, 2.05) is 0 Å². The molecule has 0 aliphatic carbocycles. The summed E-state index contributed by atoms with van der Waals surface area (Å²) in [5.41, 5.74) is 0.241. The maximum atomic E-state index is 14.9. The number of carbonyl (C=O) groups excluding carboxylic acids is 2. The van der Waals surface area contributed by atoms with E-state index in [4.69, 9.17) is 14.2 Å². The van der Waals surface area contributed by atoms with Gasteiger partial charge in [0, 0.05) is 37.3 Å². The Morgan fingerprint density at radius 1 is 1.06 bits per heavy atom. The molecule has 3 aliphatic heterocycles. The standard InChI is InChI=1S/C25H25FN2O6/c26-18-5-2-1-4-17(18)22-21(23(29)16-6-7-19-20(14-16)34-15-33-19)24(30)25(31)28(22)9-3-8-27-10-12-32-13-11-27/h1-2,4-7,14,22,30H,3,8-13,15H2. The fourth-order valence-electron chi connectivity index (χ4n) is 4.62. The molecule has 1 amide bonds. The third kappa shape index (κ3) is 4.12. The van der Waals surface area contributed by atoms with Gasteiger partial charge in [-0.1, -0.05) is 18.2 Å². The number of rotatable bonds is 7. The number of nitrogens with zero attached hydrogens (tertiary/aromatic N) is 2. The Balaban J connectivity index is 1.44. The van der Waals surface area contributed by atoms with E-state index >= 15 is 0 Å². The Kier molecular flexibility index (Phi) is 6.21. The molecule has 1 unspecified atom stereocenters. The number of aliphatic hydroxyl groups excluding tert-OH is 1. The van der Waals surface area contributed by atoms with Gasteiger partial charge in [0.15, 0.2) is 23.0 Å². The maximum absolute atomic E-state index is 14.9. The van der Waals surface area contributed by atoms with Crippen molar-refractivity contribution in [2.24, 2.45) is 0 Å². The zero-order chi connectivity index (χ0) is 23.7. The van der Waals surface area contributed by atoms with Crippen LogP contribution in [0.15, 0.2) is 53.8 Å². The number of fused-ring (bicyclic) bond motifs is 1. The lowest BCUT2D eigenvalue weighted by Gasteiger charge is -2.30. The molecule has 1 atom stereocenters. The van der Waals surface area contributed by atoms with Crippen molar-refractivity contribution in [1.29, 1.82) is 0 Å². The van der Waals surface area contributed by atoms with Crippen LogP contribution in [0.5, 0.6) is 11.5 Å². The first-order chi connectivity index (χ1) is 16.5. The average molecular weight is 468 g/mol. The molecule has 1 saturated heterocycles. The Bertz CT molecular complexity index is 1140. The van der Waals surface area contributed by atoms with Gasteiger partial charge in [0.1, 0.15) is 5.82 Å². The number of benzene rings is 2. The predicted octanol–water partition coefficient (Wildman–Crippen LogP) is 2.86. The van der Waals surface area contributed by atoms with E-state index < -0.39 is 29.3 Å². The zero-order valence-corrected chi connectivity index (χ0v) is 18.5. The number of ketones is 1. The first kappa shape index (κ1) is 22.4. The number of carbonyl (C=O) groups is 2. The molecule has 2 aromatic rings. The van der Waals surface area contributed by atoms with Gasteiger partial charge in [0.25, 0.3) is 5.91 Å². The number of hydrogen-bond acceptors (Lipinski definition) is 7. The van der Waals surface area contributed by atoms with Crippen LogP contribution < -0.4 is 9.47 Å². The molecule has 0 aromatic heterocycles. The molecule has 3 aliphatic rings. The highest BCUT2D eigenvalue weighted by molar-refractivity contribution is 6.16. The Morgan fingerprint density at radius 2 is 1.82 bits per heavy atom. The van der Waals surface area contributed by atoms with Crippen molar-refractivity contribution in [1.82, 2.24) is 9.80 Å². The van der Waals surface area contributed by atoms with Crippen LogP contribution in [0.1, 0.15) is 28.4 Å². The molecule has 0 spiro atoms. The molecule has 34 heavy (non-hydrogen) atoms. The summed E-state index contributed by atoms with van der Waals surface area (Å²) in [5, 5.41) is 10.8. The van der Waals surface area contributed by atoms with Crippen molar-refractivity contribution < 1.29 is 33.3 Å². The molecule has 0 bridgehead atoms. The minimum Gasteiger partial charge on any atom is -0.503 e. The van der Waals surface area contributed by atoms with Gasteiger partial charge in [-0.3, -0.25) is 14.5 Å².